The molecule has 0 N–H and O–H groups in total. The maximum atomic E-state index is 10.0. The van der Waals surface area contributed by atoms with E-state index in [2.05, 4.69) is 154 Å². The molecule has 0 aliphatic rings. The van der Waals surface area contributed by atoms with Crippen molar-refractivity contribution in [3.05, 3.63) is 253 Å². The number of nitrogens with zero attached hydrogens (tertiary/aromatic N) is 8. The number of rotatable bonds is 8. The van der Waals surface area contributed by atoms with Crippen LogP contribution in [0.15, 0.2) is 231 Å². The lowest BCUT2D eigenvalue weighted by Crippen LogP contribution is -2.03. The van der Waals surface area contributed by atoms with Crippen LogP contribution in [0.1, 0.15) is 11.1 Å². The van der Waals surface area contributed by atoms with E-state index in [-0.39, 0.29) is 0 Å². The van der Waals surface area contributed by atoms with Gasteiger partial charge in [-0.1, -0.05) is 170 Å². The van der Waals surface area contributed by atoms with Crippen molar-refractivity contribution in [2.75, 3.05) is 0 Å². The summed E-state index contributed by atoms with van der Waals surface area (Å²) in [5.41, 5.74) is 15.4. The zero-order valence-electron chi connectivity index (χ0n) is 39.5. The van der Waals surface area contributed by atoms with E-state index < -0.39 is 0 Å². The summed E-state index contributed by atoms with van der Waals surface area (Å²) >= 11 is 0. The number of hydrogen-bond donors (Lipinski definition) is 0. The molecule has 0 bridgehead atoms. The van der Waals surface area contributed by atoms with Gasteiger partial charge in [-0.2, -0.15) is 10.5 Å². The summed E-state index contributed by atoms with van der Waals surface area (Å²) in [5, 5.41) is 24.5. The number of aromatic nitrogens is 5. The van der Waals surface area contributed by atoms with Crippen molar-refractivity contribution in [2.45, 2.75) is 0 Å². The molecular weight excluding hydrogens is 905 g/mol. The van der Waals surface area contributed by atoms with Gasteiger partial charge in [-0.3, -0.25) is 0 Å². The first kappa shape index (κ1) is 43.3. The van der Waals surface area contributed by atoms with Gasteiger partial charge in [-0.15, -0.1) is 0 Å². The smallest absolute Gasteiger partial charge is 0.187 e. The van der Waals surface area contributed by atoms with Gasteiger partial charge in [0, 0.05) is 49.4 Å². The highest BCUT2D eigenvalue weighted by Crippen LogP contribution is 2.41. The molecule has 0 saturated heterocycles. The third-order valence-electron chi connectivity index (χ3n) is 13.9. The highest BCUT2D eigenvalue weighted by molar-refractivity contribution is 6.11. The zero-order valence-corrected chi connectivity index (χ0v) is 39.5. The summed E-state index contributed by atoms with van der Waals surface area (Å²) < 4.78 is 4.59. The van der Waals surface area contributed by atoms with Crippen LogP contribution in [0.3, 0.4) is 0 Å². The Bertz CT molecular complexity index is 4190. The lowest BCUT2D eigenvalue weighted by Gasteiger charge is -2.17. The van der Waals surface area contributed by atoms with E-state index in [4.69, 9.17) is 21.5 Å². The summed E-state index contributed by atoms with van der Waals surface area (Å²) in [7, 11) is 0. The minimum atomic E-state index is 0.468. The normalized spacial score (nSPS) is 11.2. The highest BCUT2D eigenvalue weighted by atomic mass is 15.0. The van der Waals surface area contributed by atoms with Crippen LogP contribution in [-0.4, -0.2) is 24.1 Å². The van der Waals surface area contributed by atoms with Gasteiger partial charge < -0.3 is 9.13 Å². The second-order valence-corrected chi connectivity index (χ2v) is 18.1. The van der Waals surface area contributed by atoms with Crippen LogP contribution in [0.25, 0.3) is 127 Å². The number of para-hydroxylation sites is 4. The molecule has 3 heterocycles. The van der Waals surface area contributed by atoms with E-state index in [1.807, 2.05) is 103 Å². The van der Waals surface area contributed by atoms with Crippen molar-refractivity contribution in [3.63, 3.8) is 0 Å². The molecule has 0 fully saturated rings. The Morgan fingerprint density at radius 3 is 1.28 bits per heavy atom. The fourth-order valence-corrected chi connectivity index (χ4v) is 10.5. The first-order valence-corrected chi connectivity index (χ1v) is 24.2. The molecule has 0 spiro atoms. The Hall–Kier alpha value is -10.7. The molecule has 3 aromatic heterocycles. The van der Waals surface area contributed by atoms with Crippen molar-refractivity contribution < 1.29 is 0 Å². The summed E-state index contributed by atoms with van der Waals surface area (Å²) in [4.78, 5) is 19.8. The van der Waals surface area contributed by atoms with Crippen LogP contribution >= 0.6 is 0 Å². The van der Waals surface area contributed by atoms with Crippen LogP contribution in [0.4, 0.5) is 5.69 Å². The maximum Gasteiger partial charge on any atom is 0.187 e. The molecule has 74 heavy (non-hydrogen) atoms. The van der Waals surface area contributed by atoms with Crippen LogP contribution in [0.2, 0.25) is 0 Å². The van der Waals surface area contributed by atoms with Crippen molar-refractivity contribution in [1.29, 1.82) is 10.5 Å². The molecule has 10 aromatic carbocycles. The van der Waals surface area contributed by atoms with E-state index in [1.165, 1.54) is 0 Å². The SMILES string of the molecule is [C-]#[N+]c1cccc(-c2ccc(-c3nc(-c4ccc(-c5ccccc5C#N)cc4)nc(-c4ccc(-c5cccc(C#N)c5)c(-n5c6ccccc6c6ccccc65)c4)n3)cc2-n2c3ccccc3c3ccccc32)c1. The molecule has 342 valence electrons. The Balaban J connectivity index is 1.06. The molecule has 0 amide bonds. The first-order valence-electron chi connectivity index (χ1n) is 24.2. The minimum Gasteiger partial charge on any atom is -0.309 e. The summed E-state index contributed by atoms with van der Waals surface area (Å²) in [5.74, 6) is 1.41. The van der Waals surface area contributed by atoms with E-state index in [9.17, 15) is 10.5 Å². The van der Waals surface area contributed by atoms with Crippen LogP contribution < -0.4 is 0 Å². The minimum absolute atomic E-state index is 0.468. The van der Waals surface area contributed by atoms with Gasteiger partial charge in [-0.25, -0.2) is 19.8 Å². The summed E-state index contributed by atoms with van der Waals surface area (Å²) in [6.45, 7) is 7.88. The molecule has 0 atom stereocenters. The molecule has 0 saturated carbocycles. The van der Waals surface area contributed by atoms with Gasteiger partial charge in [0.1, 0.15) is 0 Å². The van der Waals surface area contributed by atoms with E-state index >= 15 is 0 Å². The number of benzene rings is 10. The third kappa shape index (κ3) is 7.33. The average molecular weight is 943 g/mol. The van der Waals surface area contributed by atoms with Crippen molar-refractivity contribution in [1.82, 2.24) is 24.1 Å². The third-order valence-corrected chi connectivity index (χ3v) is 13.9. The summed E-state index contributed by atoms with van der Waals surface area (Å²) in [6, 6.07) is 82.1. The molecule has 13 aromatic rings. The fraction of sp³-hybridized carbons (Fsp3) is 0. The lowest BCUT2D eigenvalue weighted by molar-refractivity contribution is 1.07. The van der Waals surface area contributed by atoms with Gasteiger partial charge in [0.2, 0.25) is 0 Å². The van der Waals surface area contributed by atoms with Gasteiger partial charge in [0.05, 0.1) is 63.3 Å². The predicted octanol–water partition coefficient (Wildman–Crippen LogP) is 16.4. The van der Waals surface area contributed by atoms with Gasteiger partial charge in [-0.05, 0) is 82.9 Å². The van der Waals surface area contributed by atoms with Gasteiger partial charge >= 0.3 is 0 Å². The quantitative estimate of drug-likeness (QED) is 0.141. The molecular formula is C66H38N8. The zero-order chi connectivity index (χ0) is 49.7. The molecule has 8 nitrogen and oxygen atoms in total. The molecule has 8 heteroatoms. The molecule has 0 unspecified atom stereocenters. The number of hydrogen-bond acceptors (Lipinski definition) is 5. The topological polar surface area (TPSA) is 100 Å². The van der Waals surface area contributed by atoms with Crippen molar-refractivity contribution >= 4 is 49.3 Å². The predicted molar refractivity (Wildman–Crippen MR) is 297 cm³/mol. The highest BCUT2D eigenvalue weighted by Gasteiger charge is 2.22. The number of fused-ring (bicyclic) bond motifs is 6. The molecule has 0 aliphatic carbocycles. The molecule has 13 rings (SSSR count). The van der Waals surface area contributed by atoms with Crippen LogP contribution in [0.5, 0.6) is 0 Å². The van der Waals surface area contributed by atoms with Crippen LogP contribution in [0, 0.1) is 29.2 Å². The Morgan fingerprint density at radius 1 is 0.351 bits per heavy atom. The van der Waals surface area contributed by atoms with Crippen molar-refractivity contribution in [2.24, 2.45) is 0 Å². The van der Waals surface area contributed by atoms with Crippen LogP contribution in [-0.2, 0) is 0 Å². The van der Waals surface area contributed by atoms with E-state index in [0.29, 0.717) is 34.3 Å². The van der Waals surface area contributed by atoms with Gasteiger partial charge in [0.15, 0.2) is 23.2 Å². The maximum absolute atomic E-state index is 10.0. The van der Waals surface area contributed by atoms with Gasteiger partial charge in [0.25, 0.3) is 0 Å². The molecule has 0 aliphatic heterocycles. The second-order valence-electron chi connectivity index (χ2n) is 18.1. The van der Waals surface area contributed by atoms with E-state index in [1.54, 1.807) is 0 Å². The fourth-order valence-electron chi connectivity index (χ4n) is 10.5. The Kier molecular flexibility index (Phi) is 10.5. The van der Waals surface area contributed by atoms with E-state index in [0.717, 1.165) is 105 Å². The second kappa shape index (κ2) is 17.9. The molecule has 0 radical (unpaired) electrons. The van der Waals surface area contributed by atoms with Crippen molar-refractivity contribution in [3.8, 4) is 91.1 Å². The summed E-state index contributed by atoms with van der Waals surface area (Å²) in [6.07, 6.45) is 0. The number of nitriles is 2. The average Bonchev–Trinajstić information content (AvgIpc) is 4.03. The Labute approximate surface area is 426 Å². The lowest BCUT2D eigenvalue weighted by atomic mass is 9.98. The largest absolute Gasteiger partial charge is 0.309 e. The Morgan fingerprint density at radius 2 is 0.784 bits per heavy atom. The standard InChI is InChI=1S/C66H38N8/c1-69-50-18-13-17-46(37-50)53-35-33-48(39-63(53)74-60-26-10-6-22-56(60)57-23-7-11-27-61(57)74)66-71-64(44-30-28-43(29-31-44)51-19-3-2-15-49(51)41-68)70-65(72-66)47-32-34-52(45-16-12-14-42(36-45)40-67)62(38-47)73-58-24-8-4-20-54(58)55-21-5-9-25-59(55)73/h2-39H. The first-order chi connectivity index (χ1) is 36.5. The monoisotopic (exact) mass is 942 g/mol.